The molecule has 2 rings (SSSR count). The van der Waals surface area contributed by atoms with E-state index < -0.39 is 0 Å². The van der Waals surface area contributed by atoms with Crippen LogP contribution in [0.5, 0.6) is 0 Å². The molecule has 0 radical (unpaired) electrons. The summed E-state index contributed by atoms with van der Waals surface area (Å²) in [6.07, 6.45) is 4.66. The van der Waals surface area contributed by atoms with Crippen LogP contribution in [0.2, 0.25) is 0 Å². The Morgan fingerprint density at radius 2 is 2.10 bits per heavy atom. The van der Waals surface area contributed by atoms with E-state index in [1.165, 1.54) is 5.56 Å². The Kier molecular flexibility index (Phi) is 4.89. The molecule has 0 amide bonds. The normalized spacial score (nSPS) is 11.4. The second-order valence-electron chi connectivity index (χ2n) is 5.48. The molecule has 2 aromatic rings. The molecule has 0 saturated heterocycles. The second-order valence-corrected chi connectivity index (χ2v) is 5.48. The van der Waals surface area contributed by atoms with E-state index in [9.17, 15) is 0 Å². The first-order chi connectivity index (χ1) is 9.60. The summed E-state index contributed by atoms with van der Waals surface area (Å²) in [5.41, 5.74) is 2.41. The highest BCUT2D eigenvalue weighted by atomic mass is 15.3. The highest BCUT2D eigenvalue weighted by molar-refractivity contribution is 5.16. The fraction of sp³-hybridized carbons (Fsp3) is 0.643. The van der Waals surface area contributed by atoms with Crippen molar-refractivity contribution in [3.05, 3.63) is 29.6 Å². The van der Waals surface area contributed by atoms with Gasteiger partial charge in [-0.2, -0.15) is 10.2 Å². The molecule has 1 N–H and O–H groups in total. The molecule has 6 heteroatoms. The van der Waals surface area contributed by atoms with Crippen molar-refractivity contribution in [2.24, 2.45) is 13.0 Å². The zero-order chi connectivity index (χ0) is 14.5. The fourth-order valence-corrected chi connectivity index (χ4v) is 2.26. The molecule has 0 atom stereocenters. The van der Waals surface area contributed by atoms with Crippen LogP contribution >= 0.6 is 0 Å². The lowest BCUT2D eigenvalue weighted by molar-refractivity contribution is 0.457. The van der Waals surface area contributed by atoms with Gasteiger partial charge in [0.15, 0.2) is 0 Å². The van der Waals surface area contributed by atoms with Crippen LogP contribution in [0.4, 0.5) is 0 Å². The molecule has 110 valence electrons. The standard InChI is InChI=1S/C14H24N6/c1-5-13-12(9-19(4)18-13)6-15-7-14-16-10-17-20(14)8-11(2)3/h9-11,15H,5-8H2,1-4H3. The van der Waals surface area contributed by atoms with Crippen LogP contribution in [0, 0.1) is 5.92 Å². The van der Waals surface area contributed by atoms with Crippen LogP contribution in [-0.2, 0) is 33.1 Å². The highest BCUT2D eigenvalue weighted by Gasteiger charge is 2.08. The molecule has 0 fully saturated rings. The number of nitrogens with zero attached hydrogens (tertiary/aromatic N) is 5. The first-order valence-corrected chi connectivity index (χ1v) is 7.19. The first-order valence-electron chi connectivity index (χ1n) is 7.19. The third kappa shape index (κ3) is 3.66. The van der Waals surface area contributed by atoms with Crippen LogP contribution in [0.1, 0.15) is 37.9 Å². The summed E-state index contributed by atoms with van der Waals surface area (Å²) < 4.78 is 3.85. The number of hydrogen-bond acceptors (Lipinski definition) is 4. The molecule has 0 spiro atoms. The molecular weight excluding hydrogens is 252 g/mol. The summed E-state index contributed by atoms with van der Waals surface area (Å²) in [5.74, 6) is 1.56. The van der Waals surface area contributed by atoms with E-state index in [2.05, 4.69) is 47.5 Å². The number of nitrogens with one attached hydrogen (secondary N) is 1. The Balaban J connectivity index is 1.91. The smallest absolute Gasteiger partial charge is 0.140 e. The number of aromatic nitrogens is 5. The molecule has 0 aliphatic carbocycles. The molecule has 0 unspecified atom stereocenters. The lowest BCUT2D eigenvalue weighted by Crippen LogP contribution is -2.19. The van der Waals surface area contributed by atoms with Crippen molar-refractivity contribution in [2.45, 2.75) is 46.8 Å². The Bertz CT molecular complexity index is 540. The summed E-state index contributed by atoms with van der Waals surface area (Å²) in [5, 5.41) is 12.1. The summed E-state index contributed by atoms with van der Waals surface area (Å²) >= 11 is 0. The van der Waals surface area contributed by atoms with Crippen LogP contribution in [0.25, 0.3) is 0 Å². The van der Waals surface area contributed by atoms with Gasteiger partial charge < -0.3 is 5.32 Å². The van der Waals surface area contributed by atoms with Gasteiger partial charge in [-0.1, -0.05) is 20.8 Å². The van der Waals surface area contributed by atoms with E-state index in [4.69, 9.17) is 0 Å². The van der Waals surface area contributed by atoms with Gasteiger partial charge in [0, 0.05) is 31.9 Å². The van der Waals surface area contributed by atoms with Crippen molar-refractivity contribution in [2.75, 3.05) is 0 Å². The van der Waals surface area contributed by atoms with E-state index in [0.717, 1.165) is 37.6 Å². The second kappa shape index (κ2) is 6.65. The van der Waals surface area contributed by atoms with Gasteiger partial charge >= 0.3 is 0 Å². The first kappa shape index (κ1) is 14.7. The maximum atomic E-state index is 4.45. The minimum Gasteiger partial charge on any atom is -0.306 e. The largest absolute Gasteiger partial charge is 0.306 e. The monoisotopic (exact) mass is 276 g/mol. The minimum atomic E-state index is 0.570. The van der Waals surface area contributed by atoms with E-state index in [0.29, 0.717) is 5.92 Å². The number of aryl methyl sites for hydroxylation is 2. The third-order valence-corrected chi connectivity index (χ3v) is 3.16. The summed E-state index contributed by atoms with van der Waals surface area (Å²) in [6.45, 7) is 8.94. The van der Waals surface area contributed by atoms with E-state index in [1.54, 1.807) is 6.33 Å². The molecule has 6 nitrogen and oxygen atoms in total. The average Bonchev–Trinajstić information content (AvgIpc) is 2.96. The predicted molar refractivity (Wildman–Crippen MR) is 78.0 cm³/mol. The predicted octanol–water partition coefficient (Wildman–Crippen LogP) is 1.52. The number of hydrogen-bond donors (Lipinski definition) is 1. The maximum Gasteiger partial charge on any atom is 0.140 e. The van der Waals surface area contributed by atoms with Gasteiger partial charge in [-0.3, -0.25) is 4.68 Å². The van der Waals surface area contributed by atoms with Gasteiger partial charge in [0.05, 0.1) is 12.2 Å². The van der Waals surface area contributed by atoms with Crippen LogP contribution in [0.15, 0.2) is 12.5 Å². The number of rotatable bonds is 7. The van der Waals surface area contributed by atoms with E-state index in [1.807, 2.05) is 16.4 Å². The summed E-state index contributed by atoms with van der Waals surface area (Å²) in [6, 6.07) is 0. The summed E-state index contributed by atoms with van der Waals surface area (Å²) in [7, 11) is 1.96. The van der Waals surface area contributed by atoms with E-state index >= 15 is 0 Å². The fourth-order valence-electron chi connectivity index (χ4n) is 2.26. The van der Waals surface area contributed by atoms with E-state index in [-0.39, 0.29) is 0 Å². The quantitative estimate of drug-likeness (QED) is 0.833. The Morgan fingerprint density at radius 1 is 1.30 bits per heavy atom. The van der Waals surface area contributed by atoms with Crippen molar-refractivity contribution in [3.8, 4) is 0 Å². The van der Waals surface area contributed by atoms with Crippen molar-refractivity contribution < 1.29 is 0 Å². The maximum absolute atomic E-state index is 4.45. The van der Waals surface area contributed by atoms with Gasteiger partial charge in [0.1, 0.15) is 12.2 Å². The molecule has 0 aliphatic heterocycles. The Hall–Kier alpha value is -1.69. The minimum absolute atomic E-state index is 0.570. The summed E-state index contributed by atoms with van der Waals surface area (Å²) in [4.78, 5) is 4.32. The Morgan fingerprint density at radius 3 is 2.80 bits per heavy atom. The molecule has 20 heavy (non-hydrogen) atoms. The van der Waals surface area contributed by atoms with Crippen molar-refractivity contribution in [1.29, 1.82) is 0 Å². The lowest BCUT2D eigenvalue weighted by Gasteiger charge is -2.09. The van der Waals surface area contributed by atoms with Crippen molar-refractivity contribution in [3.63, 3.8) is 0 Å². The molecule has 0 aromatic carbocycles. The van der Waals surface area contributed by atoms with Crippen molar-refractivity contribution >= 4 is 0 Å². The molecular formula is C14H24N6. The zero-order valence-corrected chi connectivity index (χ0v) is 12.8. The molecule has 0 bridgehead atoms. The average molecular weight is 276 g/mol. The molecule has 0 saturated carbocycles. The molecule has 0 aliphatic rings. The highest BCUT2D eigenvalue weighted by Crippen LogP contribution is 2.07. The Labute approximate surface area is 120 Å². The van der Waals surface area contributed by atoms with Gasteiger partial charge in [-0.25, -0.2) is 9.67 Å². The SMILES string of the molecule is CCc1nn(C)cc1CNCc1ncnn1CC(C)C. The third-order valence-electron chi connectivity index (χ3n) is 3.16. The van der Waals surface area contributed by atoms with Gasteiger partial charge in [-0.15, -0.1) is 0 Å². The topological polar surface area (TPSA) is 60.6 Å². The van der Waals surface area contributed by atoms with Crippen LogP contribution in [-0.4, -0.2) is 24.5 Å². The van der Waals surface area contributed by atoms with Crippen LogP contribution < -0.4 is 5.32 Å². The van der Waals surface area contributed by atoms with Gasteiger partial charge in [0.2, 0.25) is 0 Å². The van der Waals surface area contributed by atoms with Gasteiger partial charge in [0.25, 0.3) is 0 Å². The molecule has 2 aromatic heterocycles. The zero-order valence-electron chi connectivity index (χ0n) is 12.8. The molecule has 2 heterocycles. The van der Waals surface area contributed by atoms with Crippen LogP contribution in [0.3, 0.4) is 0 Å². The van der Waals surface area contributed by atoms with Gasteiger partial charge in [-0.05, 0) is 12.3 Å². The van der Waals surface area contributed by atoms with Crippen molar-refractivity contribution in [1.82, 2.24) is 29.9 Å². The lowest BCUT2D eigenvalue weighted by atomic mass is 10.2.